The minimum absolute atomic E-state index is 0.227. The summed E-state index contributed by atoms with van der Waals surface area (Å²) in [7, 11) is 0. The van der Waals surface area contributed by atoms with Gasteiger partial charge >= 0.3 is 0 Å². The van der Waals surface area contributed by atoms with Crippen LogP contribution in [0.5, 0.6) is 0 Å². The maximum absolute atomic E-state index is 5.90. The average Bonchev–Trinajstić information content (AvgIpc) is 3.92. The van der Waals surface area contributed by atoms with E-state index in [0.717, 1.165) is 25.1 Å². The maximum Gasteiger partial charge on any atom is 0.0406 e. The first-order chi connectivity index (χ1) is 33.4. The molecule has 0 spiro atoms. The second-order valence-electron chi connectivity index (χ2n) is 23.2. The zero-order valence-corrected chi connectivity index (χ0v) is 48.8. The molecule has 6 aromatic rings. The third kappa shape index (κ3) is 18.0. The fourth-order valence-electron chi connectivity index (χ4n) is 10.1. The fourth-order valence-corrected chi connectivity index (χ4v) is 10.8. The molecule has 6 aromatic carbocycles. The fraction of sp³-hybridized carbons (Fsp3) is 0.455. The van der Waals surface area contributed by atoms with Crippen molar-refractivity contribution in [1.82, 2.24) is 0 Å². The molecule has 4 saturated carbocycles. The summed E-state index contributed by atoms with van der Waals surface area (Å²) in [6.45, 7) is 24.6. The van der Waals surface area contributed by atoms with Crippen LogP contribution >= 0.6 is 58.0 Å². The molecule has 382 valence electrons. The van der Waals surface area contributed by atoms with Crippen LogP contribution in [0.3, 0.4) is 0 Å². The quantitative estimate of drug-likeness (QED) is 0.165. The predicted molar refractivity (Wildman–Crippen MR) is 315 cm³/mol. The van der Waals surface area contributed by atoms with Gasteiger partial charge in [0.05, 0.1) is 0 Å². The highest BCUT2D eigenvalue weighted by molar-refractivity contribution is 6.31. The van der Waals surface area contributed by atoms with E-state index in [0.29, 0.717) is 21.7 Å². The van der Waals surface area contributed by atoms with Crippen LogP contribution in [0.2, 0.25) is 25.1 Å². The molecule has 0 saturated heterocycles. The van der Waals surface area contributed by atoms with Gasteiger partial charge in [0.1, 0.15) is 0 Å². The average molecular weight is 1050 g/mol. The topological polar surface area (TPSA) is 0 Å². The summed E-state index contributed by atoms with van der Waals surface area (Å²) >= 11 is 29.1. The minimum atomic E-state index is 0.227. The molecule has 71 heavy (non-hydrogen) atoms. The first kappa shape index (κ1) is 58.7. The van der Waals surface area contributed by atoms with Gasteiger partial charge in [0.25, 0.3) is 0 Å². The molecule has 0 atom stereocenters. The molecule has 5 heteroatoms. The van der Waals surface area contributed by atoms with Crippen LogP contribution in [-0.2, 0) is 27.1 Å². The Morgan fingerprint density at radius 2 is 0.563 bits per heavy atom. The van der Waals surface area contributed by atoms with Gasteiger partial charge in [-0.1, -0.05) is 223 Å². The summed E-state index contributed by atoms with van der Waals surface area (Å²) in [5.74, 6) is 0. The van der Waals surface area contributed by atoms with Gasteiger partial charge in [-0.15, -0.1) is 0 Å². The molecule has 0 radical (unpaired) electrons. The molecule has 4 aliphatic rings. The molecular formula is C66H83Cl5. The number of aryl methyl sites for hydroxylation is 3. The molecule has 0 heterocycles. The van der Waals surface area contributed by atoms with Gasteiger partial charge in [0, 0.05) is 25.1 Å². The molecule has 0 nitrogen and oxygen atoms in total. The summed E-state index contributed by atoms with van der Waals surface area (Å²) in [4.78, 5) is 0. The van der Waals surface area contributed by atoms with Gasteiger partial charge in [-0.2, -0.15) is 0 Å². The third-order valence-electron chi connectivity index (χ3n) is 16.1. The standard InChI is InChI=1S/C13H17Cl.C12H15Cl.C11H13Cl.C10H11Cl.C10H13Cl.C10H14/c1-13(9-3-2-4-10-13)11-5-7-12(14)8-6-11;1-12(8-2-3-9-12)10-4-6-11(13)7-5-10;1-11(7-2-8-11)9-3-5-10(12)6-4-9;1-10(6-7-10)8-2-4-9(11)5-3-8;1-10(2,3)8-4-6-9(11)7-5-8;1-7-5-8(2)10(4)9(3)6-7/h5-8H,2-4,9-10H2,1H3;4-7H,2-3,8-9H2,1H3;3-6H,2,7-8H2,1H3;2-5H,6-7H2,1H3;4-7H,1-3H3;5-6H,1-4H3. The third-order valence-corrected chi connectivity index (χ3v) is 17.3. The van der Waals surface area contributed by atoms with Crippen LogP contribution in [0.4, 0.5) is 0 Å². The Bertz CT molecular complexity index is 2440. The smallest absolute Gasteiger partial charge is 0.0406 e. The van der Waals surface area contributed by atoms with Gasteiger partial charge in [-0.3, -0.25) is 0 Å². The highest BCUT2D eigenvalue weighted by atomic mass is 35.5. The van der Waals surface area contributed by atoms with E-state index >= 15 is 0 Å². The lowest BCUT2D eigenvalue weighted by molar-refractivity contribution is 0.272. The zero-order chi connectivity index (χ0) is 52.0. The van der Waals surface area contributed by atoms with Crippen molar-refractivity contribution in [1.29, 1.82) is 0 Å². The van der Waals surface area contributed by atoms with E-state index in [1.165, 1.54) is 140 Å². The Labute approximate surface area is 456 Å². The molecule has 0 bridgehead atoms. The Balaban J connectivity index is 0.000000159. The second kappa shape index (κ2) is 26.3. The van der Waals surface area contributed by atoms with Crippen molar-refractivity contribution >= 4 is 58.0 Å². The van der Waals surface area contributed by atoms with Crippen molar-refractivity contribution in [2.45, 2.75) is 193 Å². The molecular weight excluding hydrogens is 970 g/mol. The van der Waals surface area contributed by atoms with E-state index in [-0.39, 0.29) is 5.41 Å². The van der Waals surface area contributed by atoms with Gasteiger partial charge in [0.15, 0.2) is 0 Å². The van der Waals surface area contributed by atoms with Crippen molar-refractivity contribution < 1.29 is 0 Å². The van der Waals surface area contributed by atoms with E-state index in [4.69, 9.17) is 58.0 Å². The Hall–Kier alpha value is -3.23. The van der Waals surface area contributed by atoms with E-state index in [2.05, 4.69) is 149 Å². The summed E-state index contributed by atoms with van der Waals surface area (Å²) < 4.78 is 0. The Morgan fingerprint density at radius 1 is 0.324 bits per heavy atom. The second-order valence-corrected chi connectivity index (χ2v) is 25.4. The van der Waals surface area contributed by atoms with Crippen molar-refractivity contribution in [2.24, 2.45) is 0 Å². The zero-order valence-electron chi connectivity index (χ0n) is 45.0. The van der Waals surface area contributed by atoms with Crippen LogP contribution < -0.4 is 0 Å². The Kier molecular flexibility index (Phi) is 21.7. The van der Waals surface area contributed by atoms with Crippen LogP contribution in [0.25, 0.3) is 0 Å². The SMILES string of the molecule is CC(C)(C)c1ccc(Cl)cc1.CC1(c2ccc(Cl)cc2)CC1.CC1(c2ccc(Cl)cc2)CCC1.CC1(c2ccc(Cl)cc2)CCCC1.CC1(c2ccc(Cl)cc2)CCCCC1.Cc1cc(C)c(C)c(C)c1. The molecule has 0 aliphatic heterocycles. The van der Waals surface area contributed by atoms with E-state index < -0.39 is 0 Å². The van der Waals surface area contributed by atoms with Gasteiger partial charge in [-0.25, -0.2) is 0 Å². The van der Waals surface area contributed by atoms with Gasteiger partial charge in [0.2, 0.25) is 0 Å². The lowest BCUT2D eigenvalue weighted by atomic mass is 9.66. The summed E-state index contributed by atoms with van der Waals surface area (Å²) in [6.07, 6.45) is 18.9. The highest BCUT2D eigenvalue weighted by Gasteiger charge is 2.38. The summed E-state index contributed by atoms with van der Waals surface area (Å²) in [5.41, 5.74) is 14.7. The molecule has 0 amide bonds. The monoisotopic (exact) mass is 1050 g/mol. The minimum Gasteiger partial charge on any atom is -0.0843 e. The summed E-state index contributed by atoms with van der Waals surface area (Å²) in [5, 5.41) is 4.15. The number of hydrogen-bond acceptors (Lipinski definition) is 0. The van der Waals surface area contributed by atoms with Gasteiger partial charge < -0.3 is 0 Å². The van der Waals surface area contributed by atoms with Crippen molar-refractivity contribution in [2.75, 3.05) is 0 Å². The lowest BCUT2D eigenvalue weighted by Gasteiger charge is -2.39. The van der Waals surface area contributed by atoms with Crippen molar-refractivity contribution in [3.8, 4) is 0 Å². The first-order valence-corrected chi connectivity index (χ1v) is 28.2. The number of benzene rings is 6. The number of hydrogen-bond donors (Lipinski definition) is 0. The molecule has 4 aliphatic carbocycles. The molecule has 0 aromatic heterocycles. The van der Waals surface area contributed by atoms with Gasteiger partial charge in [-0.05, 0) is 211 Å². The summed E-state index contributed by atoms with van der Waals surface area (Å²) in [6, 6.07) is 45.7. The van der Waals surface area contributed by atoms with E-state index in [1.54, 1.807) is 0 Å². The first-order valence-electron chi connectivity index (χ1n) is 26.3. The Morgan fingerprint density at radius 3 is 0.803 bits per heavy atom. The molecule has 0 unspecified atom stereocenters. The predicted octanol–water partition coefficient (Wildman–Crippen LogP) is 22.5. The largest absolute Gasteiger partial charge is 0.0843 e. The maximum atomic E-state index is 5.90. The van der Waals surface area contributed by atoms with Crippen molar-refractivity contribution in [3.05, 3.63) is 209 Å². The number of halogens is 5. The van der Waals surface area contributed by atoms with Crippen LogP contribution in [0.1, 0.15) is 188 Å². The van der Waals surface area contributed by atoms with Crippen LogP contribution in [-0.4, -0.2) is 0 Å². The van der Waals surface area contributed by atoms with Crippen molar-refractivity contribution in [3.63, 3.8) is 0 Å². The molecule has 10 rings (SSSR count). The lowest BCUT2D eigenvalue weighted by Crippen LogP contribution is -2.30. The molecule has 4 fully saturated rings. The molecule has 0 N–H and O–H groups in total. The van der Waals surface area contributed by atoms with Crippen LogP contribution in [0.15, 0.2) is 133 Å². The van der Waals surface area contributed by atoms with E-state index in [9.17, 15) is 0 Å². The highest BCUT2D eigenvalue weighted by Crippen LogP contribution is 2.48. The van der Waals surface area contributed by atoms with E-state index in [1.807, 2.05) is 60.7 Å². The number of rotatable bonds is 4. The van der Waals surface area contributed by atoms with Crippen LogP contribution in [0, 0.1) is 27.7 Å². The normalized spacial score (nSPS) is 17.5.